The number of ether oxygens (including phenoxy) is 2. The molecule has 3 aromatic carbocycles. The predicted molar refractivity (Wildman–Crippen MR) is 119 cm³/mol. The number of halogens is 3. The third kappa shape index (κ3) is 5.06. The van der Waals surface area contributed by atoms with Gasteiger partial charge < -0.3 is 14.8 Å². The Morgan fingerprint density at radius 2 is 1.76 bits per heavy atom. The van der Waals surface area contributed by atoms with Crippen molar-refractivity contribution in [2.75, 3.05) is 11.9 Å². The fraction of sp³-hybridized carbons (Fsp3) is 0.120. The summed E-state index contributed by atoms with van der Waals surface area (Å²) in [5, 5.41) is 3.45. The number of carbonyl (C=O) groups excluding carboxylic acids is 1. The van der Waals surface area contributed by atoms with E-state index in [-0.39, 0.29) is 23.5 Å². The third-order valence-electron chi connectivity index (χ3n) is 4.77. The summed E-state index contributed by atoms with van der Waals surface area (Å²) >= 11 is 0. The van der Waals surface area contributed by atoms with Crippen molar-refractivity contribution in [1.29, 1.82) is 0 Å². The molecule has 1 aromatic heterocycles. The van der Waals surface area contributed by atoms with Gasteiger partial charge in [0, 0.05) is 17.3 Å². The van der Waals surface area contributed by atoms with Gasteiger partial charge in [-0.1, -0.05) is 24.3 Å². The Bertz CT molecular complexity index is 1290. The van der Waals surface area contributed by atoms with Gasteiger partial charge in [-0.2, -0.15) is 13.2 Å². The van der Waals surface area contributed by atoms with Crippen molar-refractivity contribution in [3.63, 3.8) is 0 Å². The third-order valence-corrected chi connectivity index (χ3v) is 4.77. The first-order valence-corrected chi connectivity index (χ1v) is 10.1. The molecule has 1 N–H and O–H groups in total. The minimum Gasteiger partial charge on any atom is -0.462 e. The molecule has 0 atom stereocenters. The molecule has 0 saturated heterocycles. The van der Waals surface area contributed by atoms with Gasteiger partial charge >= 0.3 is 12.1 Å². The van der Waals surface area contributed by atoms with E-state index in [9.17, 15) is 18.0 Å². The number of rotatable bonds is 6. The first-order chi connectivity index (χ1) is 15.8. The molecule has 0 fully saturated rings. The maximum absolute atomic E-state index is 13.2. The molecule has 0 aliphatic heterocycles. The molecule has 0 unspecified atom stereocenters. The quantitative estimate of drug-likeness (QED) is 0.320. The van der Waals surface area contributed by atoms with Crippen LogP contribution in [0.1, 0.15) is 22.8 Å². The molecule has 4 rings (SSSR count). The molecule has 168 valence electrons. The first kappa shape index (κ1) is 22.1. The highest BCUT2D eigenvalue weighted by Gasteiger charge is 2.30. The van der Waals surface area contributed by atoms with Gasteiger partial charge in [0.2, 0.25) is 0 Å². The highest BCUT2D eigenvalue weighted by Crippen LogP contribution is 2.35. The SMILES string of the molecule is CCOC(=O)c1cnc2ccc(Oc3ccccc3)cc2c1Nc1cccc(C(F)(F)F)c1. The van der Waals surface area contributed by atoms with Crippen molar-refractivity contribution in [2.24, 2.45) is 0 Å². The lowest BCUT2D eigenvalue weighted by Gasteiger charge is -2.16. The zero-order chi connectivity index (χ0) is 23.4. The molecule has 0 aliphatic carbocycles. The largest absolute Gasteiger partial charge is 0.462 e. The number of alkyl halides is 3. The van der Waals surface area contributed by atoms with Crippen LogP contribution in [0.3, 0.4) is 0 Å². The van der Waals surface area contributed by atoms with Crippen LogP contribution in [-0.4, -0.2) is 17.6 Å². The number of carbonyl (C=O) groups is 1. The smallest absolute Gasteiger partial charge is 0.416 e. The molecule has 4 aromatic rings. The Labute approximate surface area is 187 Å². The summed E-state index contributed by atoms with van der Waals surface area (Å²) in [4.78, 5) is 16.9. The summed E-state index contributed by atoms with van der Waals surface area (Å²) in [6, 6.07) is 18.9. The second kappa shape index (κ2) is 9.20. The first-order valence-electron chi connectivity index (χ1n) is 10.1. The molecule has 5 nitrogen and oxygen atoms in total. The molecule has 0 bridgehead atoms. The van der Waals surface area contributed by atoms with Crippen molar-refractivity contribution in [3.05, 3.63) is 90.1 Å². The number of hydrogen-bond donors (Lipinski definition) is 1. The number of aromatic nitrogens is 1. The second-order valence-electron chi connectivity index (χ2n) is 7.06. The molecular formula is C25H19F3N2O3. The minimum absolute atomic E-state index is 0.0959. The average molecular weight is 452 g/mol. The van der Waals surface area contributed by atoms with E-state index in [1.165, 1.54) is 18.3 Å². The number of nitrogens with zero attached hydrogens (tertiary/aromatic N) is 1. The molecule has 8 heteroatoms. The van der Waals surface area contributed by atoms with E-state index >= 15 is 0 Å². The highest BCUT2D eigenvalue weighted by molar-refractivity contribution is 6.06. The highest BCUT2D eigenvalue weighted by atomic mass is 19.4. The average Bonchev–Trinajstić information content (AvgIpc) is 2.80. The number of anilines is 2. The molecule has 0 amide bonds. The van der Waals surface area contributed by atoms with Crippen molar-refractivity contribution in [3.8, 4) is 11.5 Å². The summed E-state index contributed by atoms with van der Waals surface area (Å²) in [5.74, 6) is 0.443. The van der Waals surface area contributed by atoms with Gasteiger partial charge in [-0.15, -0.1) is 0 Å². The van der Waals surface area contributed by atoms with Crippen molar-refractivity contribution < 1.29 is 27.4 Å². The number of benzene rings is 3. The Kier molecular flexibility index (Phi) is 6.17. The van der Waals surface area contributed by atoms with Gasteiger partial charge in [0.15, 0.2) is 0 Å². The van der Waals surface area contributed by atoms with Crippen LogP contribution in [0.15, 0.2) is 79.0 Å². The minimum atomic E-state index is -4.50. The number of esters is 1. The fourth-order valence-electron chi connectivity index (χ4n) is 3.28. The Morgan fingerprint density at radius 3 is 2.48 bits per heavy atom. The van der Waals surface area contributed by atoms with Crippen LogP contribution >= 0.6 is 0 Å². The zero-order valence-electron chi connectivity index (χ0n) is 17.5. The van der Waals surface area contributed by atoms with E-state index in [4.69, 9.17) is 9.47 Å². The van der Waals surface area contributed by atoms with E-state index < -0.39 is 17.7 Å². The Balaban J connectivity index is 1.82. The van der Waals surface area contributed by atoms with Crippen LogP contribution in [0.5, 0.6) is 11.5 Å². The number of para-hydroxylation sites is 1. The van der Waals surface area contributed by atoms with E-state index in [1.54, 1.807) is 37.3 Å². The molecule has 0 aliphatic rings. The van der Waals surface area contributed by atoms with Crippen molar-refractivity contribution in [1.82, 2.24) is 4.98 Å². The monoisotopic (exact) mass is 452 g/mol. The molecule has 0 radical (unpaired) electrons. The predicted octanol–water partition coefficient (Wildman–Crippen LogP) is 6.97. The molecular weight excluding hydrogens is 433 g/mol. The molecule has 33 heavy (non-hydrogen) atoms. The van der Waals surface area contributed by atoms with Gasteiger partial charge in [0.1, 0.15) is 17.1 Å². The topological polar surface area (TPSA) is 60.5 Å². The van der Waals surface area contributed by atoms with Gasteiger partial charge in [0.05, 0.1) is 23.4 Å². The fourth-order valence-corrected chi connectivity index (χ4v) is 3.28. The number of hydrogen-bond acceptors (Lipinski definition) is 5. The summed E-state index contributed by atoms with van der Waals surface area (Å²) < 4.78 is 50.6. The van der Waals surface area contributed by atoms with Crippen LogP contribution in [0.25, 0.3) is 10.9 Å². The van der Waals surface area contributed by atoms with E-state index in [2.05, 4.69) is 10.3 Å². The maximum atomic E-state index is 13.2. The number of pyridine rings is 1. The normalized spacial score (nSPS) is 11.3. The van der Waals surface area contributed by atoms with Crippen LogP contribution in [0.2, 0.25) is 0 Å². The van der Waals surface area contributed by atoms with Crippen molar-refractivity contribution in [2.45, 2.75) is 13.1 Å². The molecule has 0 spiro atoms. The standard InChI is InChI=1S/C25H19F3N2O3/c1-2-32-24(31)21-15-29-22-12-11-19(33-18-9-4-3-5-10-18)14-20(22)23(21)30-17-8-6-7-16(13-17)25(26,27)28/h3-15H,2H2,1H3,(H,29,30). The second-order valence-corrected chi connectivity index (χ2v) is 7.06. The Hall–Kier alpha value is -4.07. The van der Waals surface area contributed by atoms with Gasteiger partial charge in [-0.05, 0) is 55.5 Å². The lowest BCUT2D eigenvalue weighted by Crippen LogP contribution is -2.10. The van der Waals surface area contributed by atoms with Crippen LogP contribution in [-0.2, 0) is 10.9 Å². The van der Waals surface area contributed by atoms with Gasteiger partial charge in [-0.3, -0.25) is 4.98 Å². The number of nitrogens with one attached hydrogen (secondary N) is 1. The summed E-state index contributed by atoms with van der Waals surface area (Å²) in [7, 11) is 0. The van der Waals surface area contributed by atoms with Crippen LogP contribution in [0, 0.1) is 0 Å². The van der Waals surface area contributed by atoms with Gasteiger partial charge in [0.25, 0.3) is 0 Å². The molecule has 1 heterocycles. The van der Waals surface area contributed by atoms with Crippen molar-refractivity contribution >= 4 is 28.2 Å². The van der Waals surface area contributed by atoms with E-state index in [1.807, 2.05) is 18.2 Å². The van der Waals surface area contributed by atoms with E-state index in [0.717, 1.165) is 12.1 Å². The lowest BCUT2D eigenvalue weighted by atomic mass is 10.1. The van der Waals surface area contributed by atoms with Crippen LogP contribution < -0.4 is 10.1 Å². The number of fused-ring (bicyclic) bond motifs is 1. The lowest BCUT2D eigenvalue weighted by molar-refractivity contribution is -0.137. The Morgan fingerprint density at radius 1 is 0.970 bits per heavy atom. The van der Waals surface area contributed by atoms with Gasteiger partial charge in [-0.25, -0.2) is 4.79 Å². The van der Waals surface area contributed by atoms with Crippen LogP contribution in [0.4, 0.5) is 24.5 Å². The summed E-state index contributed by atoms with van der Waals surface area (Å²) in [5.41, 5.74) is 0.252. The van der Waals surface area contributed by atoms with E-state index in [0.29, 0.717) is 22.4 Å². The molecule has 0 saturated carbocycles. The maximum Gasteiger partial charge on any atom is 0.416 e. The summed E-state index contributed by atoms with van der Waals surface area (Å²) in [6.45, 7) is 1.80. The summed E-state index contributed by atoms with van der Waals surface area (Å²) in [6.07, 6.45) is -3.16. The zero-order valence-corrected chi connectivity index (χ0v) is 17.5.